The van der Waals surface area contributed by atoms with Gasteiger partial charge in [0.05, 0.1) is 6.61 Å². The Bertz CT molecular complexity index is 819. The van der Waals surface area contributed by atoms with Gasteiger partial charge in [-0.3, -0.25) is 0 Å². The van der Waals surface area contributed by atoms with Crippen LogP contribution in [0.1, 0.15) is 37.1 Å². The molecule has 0 radical (unpaired) electrons. The van der Waals surface area contributed by atoms with Crippen molar-refractivity contribution in [3.8, 4) is 5.88 Å². The van der Waals surface area contributed by atoms with E-state index in [0.29, 0.717) is 12.5 Å². The summed E-state index contributed by atoms with van der Waals surface area (Å²) in [7, 11) is 0. The molecule has 0 bridgehead atoms. The molecule has 0 aliphatic carbocycles. The van der Waals surface area contributed by atoms with E-state index in [1.807, 2.05) is 6.20 Å². The molecule has 0 fully saturated rings. The molecular weight excluding hydrogens is 296 g/mol. The van der Waals surface area contributed by atoms with Gasteiger partial charge in [-0.05, 0) is 43.4 Å². The summed E-state index contributed by atoms with van der Waals surface area (Å²) < 4.78 is 8.38. The predicted molar refractivity (Wildman–Crippen MR) is 99.7 cm³/mol. The number of pyridine rings is 1. The molecule has 24 heavy (non-hydrogen) atoms. The van der Waals surface area contributed by atoms with Gasteiger partial charge < -0.3 is 9.30 Å². The van der Waals surface area contributed by atoms with E-state index in [9.17, 15) is 0 Å². The topological polar surface area (TPSA) is 27.1 Å². The maximum absolute atomic E-state index is 6.04. The van der Waals surface area contributed by atoms with Crippen molar-refractivity contribution in [1.29, 1.82) is 0 Å². The monoisotopic (exact) mass is 322 g/mol. The van der Waals surface area contributed by atoms with Crippen molar-refractivity contribution in [2.75, 3.05) is 6.61 Å². The molecule has 0 amide bonds. The standard InChI is InChI=1S/C21H26N2O/c1-15(2)11-13-24-21-20-19(10-12-22-21)16(3)17(4)23(20)14-18-8-6-5-7-9-18/h5-10,12,15H,11,13-14H2,1-4H3. The Kier molecular flexibility index (Phi) is 4.89. The van der Waals surface area contributed by atoms with Gasteiger partial charge >= 0.3 is 0 Å². The Hall–Kier alpha value is -2.29. The molecule has 0 unspecified atom stereocenters. The maximum atomic E-state index is 6.04. The third-order valence-electron chi connectivity index (χ3n) is 4.63. The van der Waals surface area contributed by atoms with Gasteiger partial charge in [0.1, 0.15) is 5.52 Å². The number of benzene rings is 1. The fourth-order valence-corrected chi connectivity index (χ4v) is 3.02. The second-order valence-electron chi connectivity index (χ2n) is 6.83. The molecule has 0 aliphatic rings. The van der Waals surface area contributed by atoms with Crippen LogP contribution in [0.3, 0.4) is 0 Å². The zero-order valence-corrected chi connectivity index (χ0v) is 15.0. The lowest BCUT2D eigenvalue weighted by molar-refractivity contribution is 0.281. The second kappa shape index (κ2) is 7.08. The minimum atomic E-state index is 0.628. The molecule has 2 heterocycles. The first-order chi connectivity index (χ1) is 11.6. The number of aryl methyl sites for hydroxylation is 1. The summed E-state index contributed by atoms with van der Waals surface area (Å²) in [5, 5.41) is 1.23. The quantitative estimate of drug-likeness (QED) is 0.629. The fourth-order valence-electron chi connectivity index (χ4n) is 3.02. The smallest absolute Gasteiger partial charge is 0.238 e. The third kappa shape index (κ3) is 3.30. The lowest BCUT2D eigenvalue weighted by atomic mass is 10.1. The normalized spacial score (nSPS) is 11.4. The van der Waals surface area contributed by atoms with Crippen molar-refractivity contribution in [3.63, 3.8) is 0 Å². The van der Waals surface area contributed by atoms with Crippen molar-refractivity contribution < 1.29 is 4.74 Å². The second-order valence-corrected chi connectivity index (χ2v) is 6.83. The van der Waals surface area contributed by atoms with Gasteiger partial charge in [0, 0.05) is 23.8 Å². The molecule has 0 spiro atoms. The van der Waals surface area contributed by atoms with E-state index in [1.165, 1.54) is 22.2 Å². The zero-order chi connectivity index (χ0) is 17.1. The molecule has 1 aromatic carbocycles. The van der Waals surface area contributed by atoms with Crippen molar-refractivity contribution in [2.24, 2.45) is 5.92 Å². The van der Waals surface area contributed by atoms with Gasteiger partial charge in [0.2, 0.25) is 5.88 Å². The van der Waals surface area contributed by atoms with Crippen LogP contribution in [0.5, 0.6) is 5.88 Å². The van der Waals surface area contributed by atoms with Gasteiger partial charge in [0.25, 0.3) is 0 Å². The van der Waals surface area contributed by atoms with Gasteiger partial charge in [-0.15, -0.1) is 0 Å². The Morgan fingerprint density at radius 1 is 1.08 bits per heavy atom. The molecule has 2 aromatic heterocycles. The Morgan fingerprint density at radius 2 is 1.83 bits per heavy atom. The molecule has 0 saturated heterocycles. The van der Waals surface area contributed by atoms with Crippen LogP contribution >= 0.6 is 0 Å². The van der Waals surface area contributed by atoms with Crippen molar-refractivity contribution in [1.82, 2.24) is 9.55 Å². The van der Waals surface area contributed by atoms with Gasteiger partial charge in [-0.2, -0.15) is 0 Å². The number of rotatable bonds is 6. The largest absolute Gasteiger partial charge is 0.476 e. The van der Waals surface area contributed by atoms with E-state index < -0.39 is 0 Å². The number of aromatic nitrogens is 2. The summed E-state index contributed by atoms with van der Waals surface area (Å²) in [4.78, 5) is 4.52. The zero-order valence-electron chi connectivity index (χ0n) is 15.0. The average molecular weight is 322 g/mol. The van der Waals surface area contributed by atoms with Crippen molar-refractivity contribution in [3.05, 3.63) is 59.4 Å². The lowest BCUT2D eigenvalue weighted by Crippen LogP contribution is -2.06. The third-order valence-corrected chi connectivity index (χ3v) is 4.63. The average Bonchev–Trinajstić information content (AvgIpc) is 2.81. The molecule has 3 nitrogen and oxygen atoms in total. The minimum Gasteiger partial charge on any atom is -0.476 e. The highest BCUT2D eigenvalue weighted by atomic mass is 16.5. The Morgan fingerprint density at radius 3 is 2.54 bits per heavy atom. The van der Waals surface area contributed by atoms with Crippen LogP contribution in [-0.4, -0.2) is 16.2 Å². The number of fused-ring (bicyclic) bond motifs is 1. The van der Waals surface area contributed by atoms with Gasteiger partial charge in [-0.1, -0.05) is 44.2 Å². The molecule has 126 valence electrons. The number of nitrogens with zero attached hydrogens (tertiary/aromatic N) is 2. The van der Waals surface area contributed by atoms with Crippen molar-refractivity contribution >= 4 is 10.9 Å². The first kappa shape index (κ1) is 16.6. The first-order valence-corrected chi connectivity index (χ1v) is 8.69. The van der Waals surface area contributed by atoms with E-state index in [1.54, 1.807) is 0 Å². The molecular formula is C21H26N2O. The summed E-state index contributed by atoms with van der Waals surface area (Å²) in [5.74, 6) is 1.38. The minimum absolute atomic E-state index is 0.628. The SMILES string of the molecule is Cc1c(C)n(Cc2ccccc2)c2c(OCCC(C)C)nccc12. The molecule has 0 N–H and O–H groups in total. The highest BCUT2D eigenvalue weighted by Crippen LogP contribution is 2.31. The fraction of sp³-hybridized carbons (Fsp3) is 0.381. The van der Waals surface area contributed by atoms with Crippen LogP contribution in [0.2, 0.25) is 0 Å². The molecule has 0 aliphatic heterocycles. The number of hydrogen-bond donors (Lipinski definition) is 0. The van der Waals surface area contributed by atoms with E-state index in [-0.39, 0.29) is 0 Å². The first-order valence-electron chi connectivity index (χ1n) is 8.69. The van der Waals surface area contributed by atoms with Crippen LogP contribution in [0.15, 0.2) is 42.6 Å². The lowest BCUT2D eigenvalue weighted by Gasteiger charge is -2.12. The summed E-state index contributed by atoms with van der Waals surface area (Å²) in [5.41, 5.74) is 4.97. The highest BCUT2D eigenvalue weighted by molar-refractivity contribution is 5.89. The van der Waals surface area contributed by atoms with E-state index >= 15 is 0 Å². The summed E-state index contributed by atoms with van der Waals surface area (Å²) >= 11 is 0. The number of ether oxygens (including phenoxy) is 1. The van der Waals surface area contributed by atoms with Crippen LogP contribution in [0, 0.1) is 19.8 Å². The number of hydrogen-bond acceptors (Lipinski definition) is 2. The highest BCUT2D eigenvalue weighted by Gasteiger charge is 2.16. The van der Waals surface area contributed by atoms with Crippen LogP contribution in [-0.2, 0) is 6.54 Å². The van der Waals surface area contributed by atoms with Gasteiger partial charge in [0.15, 0.2) is 0 Å². The Labute approximate surface area is 144 Å². The molecule has 3 heteroatoms. The van der Waals surface area contributed by atoms with E-state index in [0.717, 1.165) is 24.4 Å². The summed E-state index contributed by atoms with van der Waals surface area (Å²) in [6.45, 7) is 10.3. The summed E-state index contributed by atoms with van der Waals surface area (Å²) in [6.07, 6.45) is 2.89. The van der Waals surface area contributed by atoms with Crippen LogP contribution in [0.4, 0.5) is 0 Å². The molecule has 3 aromatic rings. The molecule has 3 rings (SSSR count). The van der Waals surface area contributed by atoms with Crippen LogP contribution in [0.25, 0.3) is 10.9 Å². The molecule has 0 atom stereocenters. The molecule has 0 saturated carbocycles. The van der Waals surface area contributed by atoms with Crippen LogP contribution < -0.4 is 4.74 Å². The summed E-state index contributed by atoms with van der Waals surface area (Å²) in [6, 6.07) is 12.6. The van der Waals surface area contributed by atoms with Gasteiger partial charge in [-0.25, -0.2) is 4.98 Å². The van der Waals surface area contributed by atoms with Crippen molar-refractivity contribution in [2.45, 2.75) is 40.7 Å². The maximum Gasteiger partial charge on any atom is 0.238 e. The Balaban J connectivity index is 2.02. The van der Waals surface area contributed by atoms with E-state index in [4.69, 9.17) is 4.74 Å². The van der Waals surface area contributed by atoms with E-state index in [2.05, 4.69) is 73.6 Å². The predicted octanol–water partition coefficient (Wildman–Crippen LogP) is 5.13.